The van der Waals surface area contributed by atoms with E-state index in [1.54, 1.807) is 0 Å². The number of sulfonamides is 2. The molecular weight excluding hydrogens is 304 g/mol. The summed E-state index contributed by atoms with van der Waals surface area (Å²) in [4.78, 5) is 11.1. The van der Waals surface area contributed by atoms with Gasteiger partial charge in [-0.15, -0.1) is 0 Å². The van der Waals surface area contributed by atoms with Gasteiger partial charge in [-0.05, 0) is 25.5 Å². The average molecular weight is 320 g/mol. The monoisotopic (exact) mass is 320 g/mol. The molecule has 0 aliphatic carbocycles. The Morgan fingerprint density at radius 1 is 1.15 bits per heavy atom. The Bertz CT molecular complexity index is 678. The molecule has 20 heavy (non-hydrogen) atoms. The molecule has 1 aromatic rings. The number of hydrogen-bond acceptors (Lipinski definition) is 5. The number of nitrogens with two attached hydrogens (primary N) is 1. The molecule has 0 aromatic heterocycles. The predicted molar refractivity (Wildman–Crippen MR) is 74.2 cm³/mol. The van der Waals surface area contributed by atoms with Gasteiger partial charge >= 0.3 is 0 Å². The van der Waals surface area contributed by atoms with Gasteiger partial charge in [0.15, 0.2) is 5.78 Å². The number of rotatable bonds is 7. The second-order valence-electron chi connectivity index (χ2n) is 4.20. The third-order valence-corrected chi connectivity index (χ3v) is 4.80. The molecule has 0 radical (unpaired) electrons. The first-order chi connectivity index (χ1) is 9.12. The molecule has 9 heteroatoms. The van der Waals surface area contributed by atoms with Crippen molar-refractivity contribution in [2.75, 3.05) is 12.3 Å². The summed E-state index contributed by atoms with van der Waals surface area (Å²) in [6.07, 6.45) is 0.0869. The van der Waals surface area contributed by atoms with Gasteiger partial charge in [0.2, 0.25) is 20.0 Å². The van der Waals surface area contributed by atoms with E-state index in [1.807, 2.05) is 0 Å². The summed E-state index contributed by atoms with van der Waals surface area (Å²) in [6.45, 7) is 1.35. The minimum Gasteiger partial charge on any atom is -0.295 e. The van der Waals surface area contributed by atoms with Crippen LogP contribution in [0, 0.1) is 0 Å². The van der Waals surface area contributed by atoms with E-state index in [4.69, 9.17) is 5.14 Å². The summed E-state index contributed by atoms with van der Waals surface area (Å²) >= 11 is 0. The number of Topliss-reactive ketones (excluding diaryl/α,β-unsaturated/α-hetero) is 1. The second kappa shape index (κ2) is 6.44. The second-order valence-corrected chi connectivity index (χ2v) is 7.70. The molecule has 1 rings (SSSR count). The first kappa shape index (κ1) is 16.8. The molecule has 112 valence electrons. The molecule has 0 saturated heterocycles. The highest BCUT2D eigenvalue weighted by Crippen LogP contribution is 2.10. The largest absolute Gasteiger partial charge is 0.295 e. The Balaban J connectivity index is 2.67. The number of hydrogen-bond donors (Lipinski definition) is 2. The molecule has 0 aliphatic rings. The summed E-state index contributed by atoms with van der Waals surface area (Å²) < 4.78 is 47.4. The van der Waals surface area contributed by atoms with Gasteiger partial charge in [-0.2, -0.15) is 0 Å². The average Bonchev–Trinajstić information content (AvgIpc) is 2.34. The molecular formula is C11H16N2O5S2. The quantitative estimate of drug-likeness (QED) is 0.534. The Morgan fingerprint density at radius 2 is 1.70 bits per heavy atom. The lowest BCUT2D eigenvalue weighted by Gasteiger charge is -2.06. The number of carbonyl (C=O) groups is 1. The van der Waals surface area contributed by atoms with Crippen LogP contribution in [0.1, 0.15) is 23.7 Å². The van der Waals surface area contributed by atoms with E-state index < -0.39 is 20.0 Å². The highest BCUT2D eigenvalue weighted by Gasteiger charge is 2.14. The zero-order valence-corrected chi connectivity index (χ0v) is 12.5. The maximum absolute atomic E-state index is 11.9. The number of carbonyl (C=O) groups excluding carboxylic acids is 1. The van der Waals surface area contributed by atoms with Crippen molar-refractivity contribution in [3.8, 4) is 0 Å². The Labute approximate surface area is 118 Å². The van der Waals surface area contributed by atoms with Gasteiger partial charge in [0.25, 0.3) is 0 Å². The van der Waals surface area contributed by atoms with Crippen LogP contribution in [0.2, 0.25) is 0 Å². The molecule has 0 saturated carbocycles. The minimum atomic E-state index is -3.72. The van der Waals surface area contributed by atoms with E-state index in [0.717, 1.165) is 0 Å². The molecule has 0 aliphatic heterocycles. The van der Waals surface area contributed by atoms with Gasteiger partial charge in [0, 0.05) is 12.1 Å². The minimum absolute atomic E-state index is 0.0121. The van der Waals surface area contributed by atoms with E-state index in [-0.39, 0.29) is 29.4 Å². The predicted octanol–water partition coefficient (Wildman–Crippen LogP) is -0.154. The van der Waals surface area contributed by atoms with Crippen molar-refractivity contribution >= 4 is 25.8 Å². The molecule has 0 fully saturated rings. The molecule has 3 N–H and O–H groups in total. The van der Waals surface area contributed by atoms with Crippen LogP contribution in [0.25, 0.3) is 0 Å². The Kier molecular flexibility index (Phi) is 5.40. The molecule has 1 aromatic carbocycles. The summed E-state index contributed by atoms with van der Waals surface area (Å²) in [6, 6.07) is 5.47. The van der Waals surface area contributed by atoms with E-state index in [1.165, 1.54) is 31.2 Å². The van der Waals surface area contributed by atoms with Crippen LogP contribution in [-0.4, -0.2) is 34.9 Å². The summed E-state index contributed by atoms with van der Waals surface area (Å²) in [5.41, 5.74) is 0.415. The zero-order valence-electron chi connectivity index (χ0n) is 10.9. The summed E-state index contributed by atoms with van der Waals surface area (Å²) in [7, 11) is -7.31. The van der Waals surface area contributed by atoms with E-state index in [9.17, 15) is 21.6 Å². The van der Waals surface area contributed by atoms with Crippen molar-refractivity contribution < 1.29 is 21.6 Å². The fourth-order valence-corrected chi connectivity index (χ4v) is 3.05. The van der Waals surface area contributed by atoms with Crippen LogP contribution < -0.4 is 9.86 Å². The van der Waals surface area contributed by atoms with Gasteiger partial charge in [0.1, 0.15) is 0 Å². The van der Waals surface area contributed by atoms with E-state index >= 15 is 0 Å². The third kappa shape index (κ3) is 5.37. The maximum Gasteiger partial charge on any atom is 0.240 e. The van der Waals surface area contributed by atoms with Crippen molar-refractivity contribution in [1.29, 1.82) is 0 Å². The SMILES string of the molecule is CC(=O)c1ccc(S(=O)(=O)NCCCS(N)(=O)=O)cc1. The van der Waals surface area contributed by atoms with Crippen LogP contribution in [0.15, 0.2) is 29.2 Å². The van der Waals surface area contributed by atoms with Gasteiger partial charge in [-0.3, -0.25) is 4.79 Å². The van der Waals surface area contributed by atoms with Crippen LogP contribution in [0.5, 0.6) is 0 Å². The highest BCUT2D eigenvalue weighted by molar-refractivity contribution is 7.89. The first-order valence-electron chi connectivity index (χ1n) is 5.73. The highest BCUT2D eigenvalue weighted by atomic mass is 32.2. The molecule has 7 nitrogen and oxygen atoms in total. The lowest BCUT2D eigenvalue weighted by molar-refractivity contribution is 0.101. The topological polar surface area (TPSA) is 123 Å². The lowest BCUT2D eigenvalue weighted by Crippen LogP contribution is -2.27. The van der Waals surface area contributed by atoms with Crippen LogP contribution in [0.4, 0.5) is 0 Å². The third-order valence-electron chi connectivity index (χ3n) is 2.47. The van der Waals surface area contributed by atoms with Gasteiger partial charge < -0.3 is 0 Å². The van der Waals surface area contributed by atoms with E-state index in [2.05, 4.69) is 4.72 Å². The summed E-state index contributed by atoms with van der Waals surface area (Å²) in [5.74, 6) is -0.450. The van der Waals surface area contributed by atoms with Crippen molar-refractivity contribution in [3.05, 3.63) is 29.8 Å². The van der Waals surface area contributed by atoms with Gasteiger partial charge in [-0.25, -0.2) is 26.7 Å². The molecule has 0 spiro atoms. The molecule has 0 unspecified atom stereocenters. The van der Waals surface area contributed by atoms with E-state index in [0.29, 0.717) is 5.56 Å². The first-order valence-corrected chi connectivity index (χ1v) is 8.93. The fraction of sp³-hybridized carbons (Fsp3) is 0.364. The smallest absolute Gasteiger partial charge is 0.240 e. The van der Waals surface area contributed by atoms with Crippen molar-refractivity contribution in [2.45, 2.75) is 18.2 Å². The van der Waals surface area contributed by atoms with Crippen LogP contribution in [-0.2, 0) is 20.0 Å². The van der Waals surface area contributed by atoms with Crippen molar-refractivity contribution in [3.63, 3.8) is 0 Å². The van der Waals surface area contributed by atoms with Gasteiger partial charge in [0.05, 0.1) is 10.6 Å². The Hall–Kier alpha value is -1.29. The number of benzene rings is 1. The molecule has 0 atom stereocenters. The lowest BCUT2D eigenvalue weighted by atomic mass is 10.2. The van der Waals surface area contributed by atoms with Crippen LogP contribution >= 0.6 is 0 Å². The van der Waals surface area contributed by atoms with Crippen LogP contribution in [0.3, 0.4) is 0 Å². The molecule has 0 heterocycles. The van der Waals surface area contributed by atoms with Gasteiger partial charge in [-0.1, -0.05) is 12.1 Å². The molecule has 0 bridgehead atoms. The number of ketones is 1. The normalized spacial score (nSPS) is 12.3. The molecule has 0 amide bonds. The number of nitrogens with one attached hydrogen (secondary N) is 1. The maximum atomic E-state index is 11.9. The van der Waals surface area contributed by atoms with Crippen molar-refractivity contribution in [2.24, 2.45) is 5.14 Å². The fourth-order valence-electron chi connectivity index (χ4n) is 1.43. The summed E-state index contributed by atoms with van der Waals surface area (Å²) in [5, 5.41) is 4.80. The standard InChI is InChI=1S/C11H16N2O5S2/c1-9(14)10-3-5-11(6-4-10)20(17,18)13-7-2-8-19(12,15)16/h3-6,13H,2,7-8H2,1H3,(H2,12,15,16). The zero-order chi connectivity index (χ0) is 15.4. The number of primary sulfonamides is 1. The van der Waals surface area contributed by atoms with Crippen molar-refractivity contribution in [1.82, 2.24) is 4.72 Å². The Morgan fingerprint density at radius 3 is 2.15 bits per heavy atom.